The summed E-state index contributed by atoms with van der Waals surface area (Å²) in [5.41, 5.74) is 2.94. The van der Waals surface area contributed by atoms with E-state index in [0.29, 0.717) is 12.2 Å². The van der Waals surface area contributed by atoms with Crippen molar-refractivity contribution in [2.45, 2.75) is 13.1 Å². The molecule has 0 aliphatic carbocycles. The Morgan fingerprint density at radius 2 is 1.79 bits per heavy atom. The molecule has 0 radical (unpaired) electrons. The first-order chi connectivity index (χ1) is 11.8. The largest absolute Gasteiger partial charge is 0.380 e. The fourth-order valence-electron chi connectivity index (χ4n) is 2.76. The number of anilines is 1. The monoisotopic (exact) mass is 325 g/mol. The first kappa shape index (κ1) is 16.4. The molecule has 0 atom stereocenters. The van der Waals surface area contributed by atoms with Crippen molar-refractivity contribution in [2.24, 2.45) is 0 Å². The number of benzene rings is 2. The van der Waals surface area contributed by atoms with Crippen molar-refractivity contribution in [3.8, 4) is 6.07 Å². The van der Waals surface area contributed by atoms with Crippen LogP contribution in [0.15, 0.2) is 42.5 Å². The van der Waals surface area contributed by atoms with Gasteiger partial charge in [0.2, 0.25) is 0 Å². The highest BCUT2D eigenvalue weighted by molar-refractivity contribution is 5.58. The van der Waals surface area contributed by atoms with E-state index in [2.05, 4.69) is 34.5 Å². The third-order valence-electron chi connectivity index (χ3n) is 4.14. The summed E-state index contributed by atoms with van der Waals surface area (Å²) in [6.45, 7) is 5.03. The molecule has 1 aliphatic rings. The maximum absolute atomic E-state index is 13.6. The van der Waals surface area contributed by atoms with Gasteiger partial charge in [-0.05, 0) is 23.3 Å². The average Bonchev–Trinajstić information content (AvgIpc) is 2.62. The molecule has 1 heterocycles. The number of nitrogens with one attached hydrogen (secondary N) is 1. The van der Waals surface area contributed by atoms with Crippen LogP contribution in [0.5, 0.6) is 0 Å². The van der Waals surface area contributed by atoms with Crippen molar-refractivity contribution in [3.63, 3.8) is 0 Å². The minimum absolute atomic E-state index is 0.0569. The van der Waals surface area contributed by atoms with E-state index in [0.717, 1.165) is 38.4 Å². The van der Waals surface area contributed by atoms with E-state index < -0.39 is 5.82 Å². The molecule has 0 aromatic heterocycles. The quantitative estimate of drug-likeness (QED) is 0.917. The molecule has 1 aliphatic heterocycles. The van der Waals surface area contributed by atoms with E-state index in [1.165, 1.54) is 11.6 Å². The molecule has 5 heteroatoms. The Balaban J connectivity index is 1.58. The second-order valence-electron chi connectivity index (χ2n) is 5.83. The van der Waals surface area contributed by atoms with Gasteiger partial charge < -0.3 is 10.1 Å². The van der Waals surface area contributed by atoms with Crippen molar-refractivity contribution in [3.05, 3.63) is 65.0 Å². The molecule has 1 saturated heterocycles. The van der Waals surface area contributed by atoms with E-state index in [1.807, 2.05) is 6.07 Å². The Hall–Kier alpha value is -2.42. The number of halogens is 1. The fraction of sp³-hybridized carbons (Fsp3) is 0.316. The summed E-state index contributed by atoms with van der Waals surface area (Å²) < 4.78 is 18.9. The molecule has 3 rings (SSSR count). The van der Waals surface area contributed by atoms with E-state index >= 15 is 0 Å². The Labute approximate surface area is 141 Å². The standard InChI is InChI=1S/C19H20FN3O/c20-18-2-1-3-19(17(18)12-21)22-13-15-4-6-16(7-5-15)14-23-8-10-24-11-9-23/h1-7,22H,8-11,13-14H2. The Kier molecular flexibility index (Phi) is 5.42. The molecular weight excluding hydrogens is 305 g/mol. The van der Waals surface area contributed by atoms with Gasteiger partial charge in [0.25, 0.3) is 0 Å². The van der Waals surface area contributed by atoms with Gasteiger partial charge in [-0.1, -0.05) is 30.3 Å². The van der Waals surface area contributed by atoms with Gasteiger partial charge in [0.15, 0.2) is 0 Å². The predicted molar refractivity (Wildman–Crippen MR) is 91.0 cm³/mol. The summed E-state index contributed by atoms with van der Waals surface area (Å²) in [6.07, 6.45) is 0. The topological polar surface area (TPSA) is 48.3 Å². The maximum atomic E-state index is 13.6. The van der Waals surface area contributed by atoms with Crippen LogP contribution in [0.25, 0.3) is 0 Å². The molecular formula is C19H20FN3O. The van der Waals surface area contributed by atoms with E-state index in [9.17, 15) is 4.39 Å². The zero-order valence-corrected chi connectivity index (χ0v) is 13.5. The van der Waals surface area contributed by atoms with E-state index in [4.69, 9.17) is 10.00 Å². The van der Waals surface area contributed by atoms with Crippen molar-refractivity contribution in [2.75, 3.05) is 31.6 Å². The molecule has 0 bridgehead atoms. The van der Waals surface area contributed by atoms with Gasteiger partial charge in [-0.25, -0.2) is 4.39 Å². The summed E-state index contributed by atoms with van der Waals surface area (Å²) in [4.78, 5) is 2.38. The lowest BCUT2D eigenvalue weighted by Crippen LogP contribution is -2.35. The summed E-state index contributed by atoms with van der Waals surface area (Å²) in [5, 5.41) is 12.2. The summed E-state index contributed by atoms with van der Waals surface area (Å²) in [7, 11) is 0. The normalized spacial score (nSPS) is 15.0. The third-order valence-corrected chi connectivity index (χ3v) is 4.14. The predicted octanol–water partition coefficient (Wildman–Crippen LogP) is 3.14. The Morgan fingerprint density at radius 1 is 1.08 bits per heavy atom. The lowest BCUT2D eigenvalue weighted by atomic mass is 10.1. The number of nitrogens with zero attached hydrogens (tertiary/aromatic N) is 2. The SMILES string of the molecule is N#Cc1c(F)cccc1NCc1ccc(CN2CCOCC2)cc1. The van der Waals surface area contributed by atoms with Crippen molar-refractivity contribution < 1.29 is 9.13 Å². The summed E-state index contributed by atoms with van der Waals surface area (Å²) in [6, 6.07) is 14.9. The number of hydrogen-bond donors (Lipinski definition) is 1. The minimum atomic E-state index is -0.497. The zero-order valence-electron chi connectivity index (χ0n) is 13.5. The van der Waals surface area contributed by atoms with Crippen LogP contribution in [0, 0.1) is 17.1 Å². The maximum Gasteiger partial charge on any atom is 0.143 e. The van der Waals surface area contributed by atoms with Gasteiger partial charge >= 0.3 is 0 Å². The van der Waals surface area contributed by atoms with Gasteiger partial charge in [0.05, 0.1) is 18.9 Å². The van der Waals surface area contributed by atoms with Gasteiger partial charge in [-0.2, -0.15) is 5.26 Å². The van der Waals surface area contributed by atoms with Crippen LogP contribution in [0.1, 0.15) is 16.7 Å². The van der Waals surface area contributed by atoms with Crippen LogP contribution < -0.4 is 5.32 Å². The van der Waals surface area contributed by atoms with Crippen LogP contribution in [0.3, 0.4) is 0 Å². The first-order valence-corrected chi connectivity index (χ1v) is 8.06. The summed E-state index contributed by atoms with van der Waals surface area (Å²) >= 11 is 0. The second kappa shape index (κ2) is 7.91. The molecule has 0 spiro atoms. The molecule has 1 fully saturated rings. The van der Waals surface area contributed by atoms with Crippen molar-refractivity contribution >= 4 is 5.69 Å². The minimum Gasteiger partial charge on any atom is -0.380 e. The van der Waals surface area contributed by atoms with Crippen LogP contribution in [-0.2, 0) is 17.8 Å². The molecule has 0 unspecified atom stereocenters. The highest BCUT2D eigenvalue weighted by atomic mass is 19.1. The fourth-order valence-corrected chi connectivity index (χ4v) is 2.76. The Morgan fingerprint density at radius 3 is 2.50 bits per heavy atom. The highest BCUT2D eigenvalue weighted by Gasteiger charge is 2.10. The molecule has 24 heavy (non-hydrogen) atoms. The lowest BCUT2D eigenvalue weighted by Gasteiger charge is -2.26. The van der Waals surface area contributed by atoms with Gasteiger partial charge in [0.1, 0.15) is 17.4 Å². The molecule has 1 N–H and O–H groups in total. The van der Waals surface area contributed by atoms with E-state index in [1.54, 1.807) is 12.1 Å². The van der Waals surface area contributed by atoms with Crippen LogP contribution in [0.2, 0.25) is 0 Å². The number of morpholine rings is 1. The molecule has 124 valence electrons. The van der Waals surface area contributed by atoms with Gasteiger partial charge in [-0.3, -0.25) is 4.90 Å². The van der Waals surface area contributed by atoms with Crippen molar-refractivity contribution in [1.82, 2.24) is 4.90 Å². The number of rotatable bonds is 5. The van der Waals surface area contributed by atoms with Gasteiger partial charge in [0, 0.05) is 26.2 Å². The average molecular weight is 325 g/mol. The lowest BCUT2D eigenvalue weighted by molar-refractivity contribution is 0.0342. The van der Waals surface area contributed by atoms with Gasteiger partial charge in [-0.15, -0.1) is 0 Å². The van der Waals surface area contributed by atoms with Crippen LogP contribution in [0.4, 0.5) is 10.1 Å². The molecule has 4 nitrogen and oxygen atoms in total. The van der Waals surface area contributed by atoms with Crippen molar-refractivity contribution in [1.29, 1.82) is 5.26 Å². The molecule has 2 aromatic rings. The molecule has 2 aromatic carbocycles. The second-order valence-corrected chi connectivity index (χ2v) is 5.83. The smallest absolute Gasteiger partial charge is 0.143 e. The zero-order chi connectivity index (χ0) is 16.8. The Bertz CT molecular complexity index is 718. The summed E-state index contributed by atoms with van der Waals surface area (Å²) in [5.74, 6) is -0.497. The number of ether oxygens (including phenoxy) is 1. The molecule has 0 saturated carbocycles. The third kappa shape index (κ3) is 4.10. The first-order valence-electron chi connectivity index (χ1n) is 8.06. The number of hydrogen-bond acceptors (Lipinski definition) is 4. The highest BCUT2D eigenvalue weighted by Crippen LogP contribution is 2.19. The van der Waals surface area contributed by atoms with E-state index in [-0.39, 0.29) is 5.56 Å². The number of nitriles is 1. The van der Waals surface area contributed by atoms with Crippen LogP contribution in [-0.4, -0.2) is 31.2 Å². The van der Waals surface area contributed by atoms with Crippen LogP contribution >= 0.6 is 0 Å². The molecule has 0 amide bonds.